The van der Waals surface area contributed by atoms with E-state index in [4.69, 9.17) is 4.74 Å². The van der Waals surface area contributed by atoms with Crippen molar-refractivity contribution >= 4 is 5.91 Å². The van der Waals surface area contributed by atoms with E-state index in [1.54, 1.807) is 4.90 Å². The summed E-state index contributed by atoms with van der Waals surface area (Å²) in [6.45, 7) is 4.97. The molecule has 2 fully saturated rings. The minimum Gasteiger partial charge on any atom is -0.389 e. The zero-order chi connectivity index (χ0) is 12.4. The van der Waals surface area contributed by atoms with Gasteiger partial charge in [0.05, 0.1) is 31.5 Å². The lowest BCUT2D eigenvalue weighted by Gasteiger charge is -2.32. The van der Waals surface area contributed by atoms with Crippen molar-refractivity contribution in [2.45, 2.75) is 25.2 Å². The number of nitrogens with zero attached hydrogens (tertiary/aromatic N) is 2. The van der Waals surface area contributed by atoms with Crippen molar-refractivity contribution in [1.82, 2.24) is 9.80 Å². The van der Waals surface area contributed by atoms with Gasteiger partial charge in [-0.2, -0.15) is 0 Å². The third-order valence-corrected chi connectivity index (χ3v) is 3.52. The number of rotatable bonds is 2. The van der Waals surface area contributed by atoms with E-state index in [9.17, 15) is 15.0 Å². The highest BCUT2D eigenvalue weighted by atomic mass is 16.5. The van der Waals surface area contributed by atoms with Gasteiger partial charge in [-0.05, 0) is 6.92 Å². The van der Waals surface area contributed by atoms with Crippen LogP contribution in [0.2, 0.25) is 0 Å². The molecule has 0 spiro atoms. The van der Waals surface area contributed by atoms with Crippen LogP contribution in [0.1, 0.15) is 6.92 Å². The average Bonchev–Trinajstić information content (AvgIpc) is 2.69. The number of ether oxygens (including phenoxy) is 1. The Hall–Kier alpha value is -0.690. The molecule has 2 aliphatic heterocycles. The van der Waals surface area contributed by atoms with E-state index in [1.165, 1.54) is 0 Å². The standard InChI is InChI=1S/C11H20N2O4/c1-8(13-6-9(14)10(15)7-13)11(16)12-2-4-17-5-3-12/h8-10,14-15H,2-7H2,1H3. The molecule has 2 N–H and O–H groups in total. The van der Waals surface area contributed by atoms with Gasteiger partial charge in [-0.15, -0.1) is 0 Å². The normalized spacial score (nSPS) is 32.8. The number of morpholine rings is 1. The third kappa shape index (κ3) is 2.77. The van der Waals surface area contributed by atoms with Gasteiger partial charge in [-0.3, -0.25) is 9.69 Å². The average molecular weight is 244 g/mol. The van der Waals surface area contributed by atoms with Crippen molar-refractivity contribution in [3.63, 3.8) is 0 Å². The van der Waals surface area contributed by atoms with Crippen LogP contribution >= 0.6 is 0 Å². The molecule has 2 rings (SSSR count). The van der Waals surface area contributed by atoms with Crippen molar-refractivity contribution in [3.05, 3.63) is 0 Å². The van der Waals surface area contributed by atoms with Gasteiger partial charge in [-0.25, -0.2) is 0 Å². The number of hydrogen-bond acceptors (Lipinski definition) is 5. The largest absolute Gasteiger partial charge is 0.389 e. The minimum absolute atomic E-state index is 0.0506. The topological polar surface area (TPSA) is 73.2 Å². The summed E-state index contributed by atoms with van der Waals surface area (Å²) in [4.78, 5) is 15.8. The van der Waals surface area contributed by atoms with Crippen LogP contribution in [-0.2, 0) is 9.53 Å². The molecule has 0 saturated carbocycles. The molecule has 98 valence electrons. The molecule has 0 aromatic carbocycles. The second-order valence-corrected chi connectivity index (χ2v) is 4.70. The van der Waals surface area contributed by atoms with E-state index >= 15 is 0 Å². The summed E-state index contributed by atoms with van der Waals surface area (Å²) in [5.74, 6) is 0.0506. The summed E-state index contributed by atoms with van der Waals surface area (Å²) < 4.78 is 5.20. The first-order valence-electron chi connectivity index (χ1n) is 6.06. The zero-order valence-electron chi connectivity index (χ0n) is 10.1. The molecule has 0 aromatic heterocycles. The van der Waals surface area contributed by atoms with Gasteiger partial charge >= 0.3 is 0 Å². The van der Waals surface area contributed by atoms with Crippen LogP contribution in [-0.4, -0.2) is 83.6 Å². The molecule has 2 heterocycles. The SMILES string of the molecule is CC(C(=O)N1CCOCC1)N1CC(O)C(O)C1. The fraction of sp³-hybridized carbons (Fsp3) is 0.909. The van der Waals surface area contributed by atoms with Crippen molar-refractivity contribution in [3.8, 4) is 0 Å². The van der Waals surface area contributed by atoms with E-state index in [-0.39, 0.29) is 11.9 Å². The fourth-order valence-corrected chi connectivity index (χ4v) is 2.32. The van der Waals surface area contributed by atoms with Crippen molar-refractivity contribution in [1.29, 1.82) is 0 Å². The number of aliphatic hydroxyl groups excluding tert-OH is 2. The van der Waals surface area contributed by atoms with E-state index in [1.807, 2.05) is 11.8 Å². The van der Waals surface area contributed by atoms with Gasteiger partial charge in [0.2, 0.25) is 5.91 Å². The second-order valence-electron chi connectivity index (χ2n) is 4.70. The van der Waals surface area contributed by atoms with Crippen LogP contribution in [0, 0.1) is 0 Å². The molecule has 3 unspecified atom stereocenters. The highest BCUT2D eigenvalue weighted by Crippen LogP contribution is 2.15. The summed E-state index contributed by atoms with van der Waals surface area (Å²) >= 11 is 0. The second kappa shape index (κ2) is 5.30. The van der Waals surface area contributed by atoms with Gasteiger partial charge < -0.3 is 19.8 Å². The lowest BCUT2D eigenvalue weighted by molar-refractivity contribution is -0.140. The number of carbonyl (C=O) groups excluding carboxylic acids is 1. The Morgan fingerprint density at radius 2 is 1.76 bits per heavy atom. The summed E-state index contributed by atoms with van der Waals surface area (Å²) in [5, 5.41) is 18.9. The number of β-amino-alcohol motifs (C(OH)–C–C–N with tert-alkyl or cyclic N) is 2. The Labute approximate surface area is 101 Å². The number of amides is 1. The highest BCUT2D eigenvalue weighted by Gasteiger charge is 2.36. The summed E-state index contributed by atoms with van der Waals surface area (Å²) in [5.41, 5.74) is 0. The van der Waals surface area contributed by atoms with Gasteiger partial charge in [0, 0.05) is 26.2 Å². The monoisotopic (exact) mass is 244 g/mol. The maximum atomic E-state index is 12.2. The van der Waals surface area contributed by atoms with Crippen LogP contribution in [0.3, 0.4) is 0 Å². The third-order valence-electron chi connectivity index (χ3n) is 3.52. The Bertz CT molecular complexity index is 271. The first-order valence-corrected chi connectivity index (χ1v) is 6.06. The maximum Gasteiger partial charge on any atom is 0.239 e. The van der Waals surface area contributed by atoms with Gasteiger partial charge in [-0.1, -0.05) is 0 Å². The van der Waals surface area contributed by atoms with Crippen LogP contribution in [0.5, 0.6) is 0 Å². The number of likely N-dealkylation sites (tertiary alicyclic amines) is 1. The van der Waals surface area contributed by atoms with Crippen LogP contribution in [0.4, 0.5) is 0 Å². The summed E-state index contributed by atoms with van der Waals surface area (Å²) in [7, 11) is 0. The molecule has 0 aliphatic carbocycles. The quantitative estimate of drug-likeness (QED) is 0.604. The highest BCUT2D eigenvalue weighted by molar-refractivity contribution is 5.81. The molecule has 6 heteroatoms. The van der Waals surface area contributed by atoms with E-state index < -0.39 is 12.2 Å². The van der Waals surface area contributed by atoms with Crippen molar-refractivity contribution in [2.75, 3.05) is 39.4 Å². The van der Waals surface area contributed by atoms with Crippen LogP contribution < -0.4 is 0 Å². The molecule has 2 aliphatic rings. The molecule has 0 radical (unpaired) electrons. The Morgan fingerprint density at radius 3 is 2.29 bits per heavy atom. The van der Waals surface area contributed by atoms with Crippen molar-refractivity contribution < 1.29 is 19.7 Å². The summed E-state index contributed by atoms with van der Waals surface area (Å²) in [6, 6.07) is -0.292. The molecule has 2 saturated heterocycles. The fourth-order valence-electron chi connectivity index (χ4n) is 2.32. The molecule has 0 aromatic rings. The first kappa shape index (κ1) is 12.8. The van der Waals surface area contributed by atoms with Gasteiger partial charge in [0.15, 0.2) is 0 Å². The molecule has 0 bridgehead atoms. The van der Waals surface area contributed by atoms with Gasteiger partial charge in [0.25, 0.3) is 0 Å². The van der Waals surface area contributed by atoms with Crippen LogP contribution in [0.15, 0.2) is 0 Å². The van der Waals surface area contributed by atoms with Crippen LogP contribution in [0.25, 0.3) is 0 Å². The molecular formula is C11H20N2O4. The molecule has 1 amide bonds. The van der Waals surface area contributed by atoms with Gasteiger partial charge in [0.1, 0.15) is 0 Å². The number of aliphatic hydroxyl groups is 2. The number of hydrogen-bond donors (Lipinski definition) is 2. The lowest BCUT2D eigenvalue weighted by Crippen LogP contribution is -2.50. The minimum atomic E-state index is -0.741. The first-order chi connectivity index (χ1) is 8.09. The molecule has 3 atom stereocenters. The Kier molecular flexibility index (Phi) is 3.98. The lowest BCUT2D eigenvalue weighted by atomic mass is 10.2. The molecular weight excluding hydrogens is 224 g/mol. The van der Waals surface area contributed by atoms with E-state index in [0.717, 1.165) is 0 Å². The molecule has 17 heavy (non-hydrogen) atoms. The predicted octanol–water partition coefficient (Wildman–Crippen LogP) is -1.73. The van der Waals surface area contributed by atoms with E-state index in [0.29, 0.717) is 39.4 Å². The Morgan fingerprint density at radius 1 is 1.24 bits per heavy atom. The maximum absolute atomic E-state index is 12.2. The number of carbonyl (C=O) groups is 1. The predicted molar refractivity (Wildman–Crippen MR) is 60.4 cm³/mol. The summed E-state index contributed by atoms with van der Waals surface area (Å²) in [6.07, 6.45) is -1.48. The van der Waals surface area contributed by atoms with E-state index in [2.05, 4.69) is 0 Å². The zero-order valence-corrected chi connectivity index (χ0v) is 10.1. The smallest absolute Gasteiger partial charge is 0.239 e. The molecule has 6 nitrogen and oxygen atoms in total. The Balaban J connectivity index is 1.90. The van der Waals surface area contributed by atoms with Crippen molar-refractivity contribution in [2.24, 2.45) is 0 Å².